The SMILES string of the molecule is C=CCc1cc2c(C)nc3c(-c4c(C)cc(C)cc4C)c(C)nn3c2n1Cc1ccc(COCc2ccc(Cn3c(CC=C)cc4c(C)nc5c(-c6c(C)cc(C)cc6C)c(C)nn5c43)cc2)cc1. The van der Waals surface area contributed by atoms with E-state index < -0.39 is 0 Å². The molecule has 0 aliphatic rings. The van der Waals surface area contributed by atoms with E-state index in [9.17, 15) is 0 Å². The number of hydrogen-bond acceptors (Lipinski definition) is 5. The van der Waals surface area contributed by atoms with Gasteiger partial charge in [-0.2, -0.15) is 19.2 Å². The molecule has 0 aliphatic heterocycles. The molecule has 0 N–H and O–H groups in total. The molecule has 0 bridgehead atoms. The van der Waals surface area contributed by atoms with Crippen molar-refractivity contribution in [2.45, 2.75) is 108 Å². The number of ether oxygens (including phenoxy) is 1. The lowest BCUT2D eigenvalue weighted by Gasteiger charge is -2.13. The van der Waals surface area contributed by atoms with Gasteiger partial charge in [-0.1, -0.05) is 96.1 Å². The number of aromatic nitrogens is 8. The zero-order valence-electron chi connectivity index (χ0n) is 41.9. The molecule has 6 heterocycles. The van der Waals surface area contributed by atoms with Crippen LogP contribution in [0.3, 0.4) is 0 Å². The minimum absolute atomic E-state index is 0.519. The predicted molar refractivity (Wildman–Crippen MR) is 283 cm³/mol. The Balaban J connectivity index is 0.864. The molecule has 10 aromatic rings. The highest BCUT2D eigenvalue weighted by Gasteiger charge is 2.25. The van der Waals surface area contributed by atoms with E-state index in [0.717, 1.165) is 91.2 Å². The highest BCUT2D eigenvalue weighted by atomic mass is 16.5. The van der Waals surface area contributed by atoms with Crippen LogP contribution in [0.25, 0.3) is 55.6 Å². The number of allylic oxidation sites excluding steroid dienone is 2. The Morgan fingerprint density at radius 1 is 0.449 bits per heavy atom. The molecule has 9 nitrogen and oxygen atoms in total. The van der Waals surface area contributed by atoms with Crippen molar-refractivity contribution in [2.24, 2.45) is 0 Å². The summed E-state index contributed by atoms with van der Waals surface area (Å²) in [6.07, 6.45) is 5.43. The molecule has 6 aromatic heterocycles. The van der Waals surface area contributed by atoms with Crippen LogP contribution in [0.2, 0.25) is 0 Å². The van der Waals surface area contributed by atoms with Crippen molar-refractivity contribution in [3.63, 3.8) is 0 Å². The number of nitrogens with zero attached hydrogens (tertiary/aromatic N) is 8. The van der Waals surface area contributed by atoms with Gasteiger partial charge in [0.1, 0.15) is 11.3 Å². The van der Waals surface area contributed by atoms with E-state index >= 15 is 0 Å². The Morgan fingerprint density at radius 2 is 0.797 bits per heavy atom. The molecule has 0 amide bonds. The summed E-state index contributed by atoms with van der Waals surface area (Å²) in [6.45, 7) is 32.1. The third-order valence-electron chi connectivity index (χ3n) is 13.9. The number of rotatable bonds is 14. The van der Waals surface area contributed by atoms with Crippen LogP contribution in [0.5, 0.6) is 0 Å². The standard InChI is InChI=1S/C60H62N8O/c1-13-15-49-29-51-41(9)61-57-55(53-37(5)25-35(3)26-38(53)6)43(11)63-67(57)59(51)65(49)31-45-17-21-47(22-18-45)33-69-34-48-23-19-46(20-24-48)32-66-50(16-14-2)30-52-42(10)62-58-56(44(12)64-68(58)60(52)66)54-39(7)27-36(4)28-40(54)8/h13-14,17-30H,1-2,15-16,31-34H2,3-12H3. The lowest BCUT2D eigenvalue weighted by molar-refractivity contribution is 0.107. The van der Waals surface area contributed by atoms with Gasteiger partial charge in [-0.15, -0.1) is 13.2 Å². The first-order valence-electron chi connectivity index (χ1n) is 24.1. The molecule has 0 unspecified atom stereocenters. The van der Waals surface area contributed by atoms with Gasteiger partial charge < -0.3 is 13.9 Å². The quantitative estimate of drug-likeness (QED) is 0.102. The summed E-state index contributed by atoms with van der Waals surface area (Å²) in [5.74, 6) is 0. The topological polar surface area (TPSA) is 79.5 Å². The monoisotopic (exact) mass is 911 g/mol. The molecule has 348 valence electrons. The number of benzene rings is 4. The van der Waals surface area contributed by atoms with E-state index in [1.54, 1.807) is 0 Å². The van der Waals surface area contributed by atoms with Crippen molar-refractivity contribution in [1.29, 1.82) is 0 Å². The first kappa shape index (κ1) is 45.4. The zero-order chi connectivity index (χ0) is 48.4. The van der Waals surface area contributed by atoms with Gasteiger partial charge in [0.25, 0.3) is 0 Å². The molecule has 0 saturated heterocycles. The summed E-state index contributed by atoms with van der Waals surface area (Å²) in [7, 11) is 0. The maximum atomic E-state index is 6.31. The minimum Gasteiger partial charge on any atom is -0.372 e. The van der Waals surface area contributed by atoms with E-state index in [1.165, 1.54) is 67.0 Å². The Kier molecular flexibility index (Phi) is 11.8. The molecule has 4 aromatic carbocycles. The predicted octanol–water partition coefficient (Wildman–Crippen LogP) is 13.4. The Hall–Kier alpha value is -7.36. The fourth-order valence-corrected chi connectivity index (χ4v) is 11.0. The van der Waals surface area contributed by atoms with Gasteiger partial charge >= 0.3 is 0 Å². The lowest BCUT2D eigenvalue weighted by atomic mass is 9.94. The third kappa shape index (κ3) is 8.08. The fourth-order valence-electron chi connectivity index (χ4n) is 11.0. The van der Waals surface area contributed by atoms with Crippen molar-refractivity contribution in [3.8, 4) is 22.3 Å². The van der Waals surface area contributed by atoms with Crippen LogP contribution in [0.1, 0.15) is 89.8 Å². The Bertz CT molecular complexity index is 3380. The third-order valence-corrected chi connectivity index (χ3v) is 13.9. The number of fused-ring (bicyclic) bond motifs is 6. The average Bonchev–Trinajstić information content (AvgIpc) is 4.03. The van der Waals surface area contributed by atoms with Crippen molar-refractivity contribution < 1.29 is 4.74 Å². The Morgan fingerprint density at radius 3 is 1.14 bits per heavy atom. The lowest BCUT2D eigenvalue weighted by Crippen LogP contribution is -2.08. The second kappa shape index (κ2) is 17.9. The maximum Gasteiger partial charge on any atom is 0.165 e. The Labute approximate surface area is 405 Å². The molecular weight excluding hydrogens is 849 g/mol. The van der Waals surface area contributed by atoms with Gasteiger partial charge in [-0.3, -0.25) is 0 Å². The van der Waals surface area contributed by atoms with Crippen LogP contribution < -0.4 is 0 Å². The van der Waals surface area contributed by atoms with Crippen LogP contribution >= 0.6 is 0 Å². The van der Waals surface area contributed by atoms with E-state index in [0.29, 0.717) is 26.3 Å². The molecule has 0 aliphatic carbocycles. The molecular formula is C60H62N8O. The van der Waals surface area contributed by atoms with Gasteiger partial charge in [0, 0.05) is 48.1 Å². The van der Waals surface area contributed by atoms with E-state index in [1.807, 2.05) is 12.2 Å². The molecule has 0 atom stereocenters. The van der Waals surface area contributed by atoms with Crippen LogP contribution in [-0.4, -0.2) is 38.3 Å². The number of hydrogen-bond donors (Lipinski definition) is 0. The summed E-state index contributed by atoms with van der Waals surface area (Å²) < 4.78 is 15.2. The summed E-state index contributed by atoms with van der Waals surface area (Å²) in [5.41, 5.74) is 27.0. The molecule has 0 spiro atoms. The molecule has 9 heteroatoms. The average molecular weight is 911 g/mol. The normalized spacial score (nSPS) is 11.9. The van der Waals surface area contributed by atoms with Crippen molar-refractivity contribution in [3.05, 3.63) is 200 Å². The van der Waals surface area contributed by atoms with E-state index in [2.05, 4.69) is 185 Å². The molecule has 69 heavy (non-hydrogen) atoms. The van der Waals surface area contributed by atoms with Gasteiger partial charge in [0.15, 0.2) is 11.3 Å². The molecule has 0 saturated carbocycles. The second-order valence-electron chi connectivity index (χ2n) is 19.4. The van der Waals surface area contributed by atoms with Crippen LogP contribution in [0.15, 0.2) is 110 Å². The molecule has 0 radical (unpaired) electrons. The molecule has 0 fully saturated rings. The van der Waals surface area contributed by atoms with Gasteiger partial charge in [-0.25, -0.2) is 9.97 Å². The van der Waals surface area contributed by atoms with E-state index in [-0.39, 0.29) is 0 Å². The van der Waals surface area contributed by atoms with Gasteiger partial charge in [0.05, 0.1) is 47.1 Å². The largest absolute Gasteiger partial charge is 0.372 e. The highest BCUT2D eigenvalue weighted by molar-refractivity contribution is 5.91. The summed E-state index contributed by atoms with van der Waals surface area (Å²) in [6, 6.07) is 31.1. The highest BCUT2D eigenvalue weighted by Crippen LogP contribution is 2.38. The van der Waals surface area contributed by atoms with Crippen LogP contribution in [0.4, 0.5) is 0 Å². The first-order valence-corrected chi connectivity index (χ1v) is 24.1. The summed E-state index contributed by atoms with van der Waals surface area (Å²) >= 11 is 0. The smallest absolute Gasteiger partial charge is 0.165 e. The maximum absolute atomic E-state index is 6.31. The van der Waals surface area contributed by atoms with E-state index in [4.69, 9.17) is 24.9 Å². The van der Waals surface area contributed by atoms with Crippen LogP contribution in [-0.2, 0) is 43.9 Å². The van der Waals surface area contributed by atoms with Gasteiger partial charge in [-0.05, 0) is 137 Å². The second-order valence-corrected chi connectivity index (χ2v) is 19.4. The van der Waals surface area contributed by atoms with Crippen molar-refractivity contribution >= 4 is 33.4 Å². The van der Waals surface area contributed by atoms with Crippen LogP contribution in [0, 0.1) is 69.2 Å². The zero-order valence-corrected chi connectivity index (χ0v) is 41.9. The van der Waals surface area contributed by atoms with Crippen molar-refractivity contribution in [1.82, 2.24) is 38.3 Å². The summed E-state index contributed by atoms with van der Waals surface area (Å²) in [5, 5.41) is 12.5. The number of aryl methyl sites for hydroxylation is 10. The fraction of sp³-hybridized carbons (Fsp3) is 0.267. The van der Waals surface area contributed by atoms with Gasteiger partial charge in [0.2, 0.25) is 0 Å². The minimum atomic E-state index is 0.519. The first-order chi connectivity index (χ1) is 33.2. The summed E-state index contributed by atoms with van der Waals surface area (Å²) in [4.78, 5) is 10.4. The molecule has 10 rings (SSSR count). The van der Waals surface area contributed by atoms with Crippen molar-refractivity contribution in [2.75, 3.05) is 0 Å².